The van der Waals surface area contributed by atoms with Gasteiger partial charge in [-0.05, 0) is 49.2 Å². The molecule has 0 saturated heterocycles. The van der Waals surface area contributed by atoms with Crippen molar-refractivity contribution >= 4 is 0 Å². The van der Waals surface area contributed by atoms with E-state index in [-0.39, 0.29) is 0 Å². The highest BCUT2D eigenvalue weighted by Gasteiger charge is 2.04. The Hall–Kier alpha value is -2.31. The van der Waals surface area contributed by atoms with Gasteiger partial charge in [-0.15, -0.1) is 0 Å². The van der Waals surface area contributed by atoms with Crippen LogP contribution in [0.3, 0.4) is 0 Å². The van der Waals surface area contributed by atoms with E-state index in [1.807, 2.05) is 12.1 Å². The molecule has 0 aliphatic carbocycles. The van der Waals surface area contributed by atoms with Crippen LogP contribution in [-0.4, -0.2) is 13.7 Å². The third-order valence-electron chi connectivity index (χ3n) is 3.56. The highest BCUT2D eigenvalue weighted by molar-refractivity contribution is 5.42. The van der Waals surface area contributed by atoms with Crippen molar-refractivity contribution in [2.45, 2.75) is 19.9 Å². The Bertz CT molecular complexity index is 644. The number of nitrogens with zero attached hydrogens (tertiary/aromatic N) is 1. The molecular formula is C18H20N2O. The van der Waals surface area contributed by atoms with E-state index >= 15 is 0 Å². The van der Waals surface area contributed by atoms with Crippen molar-refractivity contribution in [3.05, 3.63) is 64.7 Å². The van der Waals surface area contributed by atoms with Gasteiger partial charge in [0.1, 0.15) is 5.75 Å². The highest BCUT2D eigenvalue weighted by Crippen LogP contribution is 2.19. The van der Waals surface area contributed by atoms with Gasteiger partial charge >= 0.3 is 0 Å². The number of nitriles is 1. The molecule has 2 rings (SSSR count). The molecule has 3 heteroatoms. The summed E-state index contributed by atoms with van der Waals surface area (Å²) in [6.45, 7) is 3.73. The van der Waals surface area contributed by atoms with Crippen molar-refractivity contribution in [2.75, 3.05) is 13.7 Å². The Morgan fingerprint density at radius 3 is 2.67 bits per heavy atom. The van der Waals surface area contributed by atoms with E-state index in [4.69, 9.17) is 10.00 Å². The number of methoxy groups -OCH3 is 1. The number of hydrogen-bond donors (Lipinski definition) is 1. The molecule has 0 bridgehead atoms. The second kappa shape index (κ2) is 7.47. The lowest BCUT2D eigenvalue weighted by molar-refractivity contribution is 0.407. The molecule has 0 spiro atoms. The zero-order valence-electron chi connectivity index (χ0n) is 12.5. The van der Waals surface area contributed by atoms with Gasteiger partial charge in [0.2, 0.25) is 0 Å². The molecule has 0 amide bonds. The van der Waals surface area contributed by atoms with Crippen LogP contribution in [0, 0.1) is 18.3 Å². The fraction of sp³-hybridized carbons (Fsp3) is 0.278. The van der Waals surface area contributed by atoms with Crippen LogP contribution in [0.15, 0.2) is 42.5 Å². The summed E-state index contributed by atoms with van der Waals surface area (Å²) in [7, 11) is 1.65. The lowest BCUT2D eigenvalue weighted by Gasteiger charge is -2.11. The zero-order chi connectivity index (χ0) is 15.1. The number of nitrogens with one attached hydrogen (secondary N) is 1. The van der Waals surface area contributed by atoms with Crippen LogP contribution in [0.4, 0.5) is 0 Å². The maximum Gasteiger partial charge on any atom is 0.123 e. The van der Waals surface area contributed by atoms with Gasteiger partial charge in [0, 0.05) is 12.1 Å². The Balaban J connectivity index is 1.92. The Kier molecular flexibility index (Phi) is 5.36. The summed E-state index contributed by atoms with van der Waals surface area (Å²) in [5.41, 5.74) is 4.36. The summed E-state index contributed by atoms with van der Waals surface area (Å²) in [4.78, 5) is 0. The Labute approximate surface area is 126 Å². The number of ether oxygens (including phenoxy) is 1. The van der Waals surface area contributed by atoms with Gasteiger partial charge in [0.15, 0.2) is 0 Å². The van der Waals surface area contributed by atoms with Gasteiger partial charge in [-0.25, -0.2) is 0 Å². The van der Waals surface area contributed by atoms with E-state index in [0.29, 0.717) is 12.1 Å². The smallest absolute Gasteiger partial charge is 0.123 e. The molecule has 0 aliphatic rings. The van der Waals surface area contributed by atoms with Gasteiger partial charge < -0.3 is 10.1 Å². The average Bonchev–Trinajstić information content (AvgIpc) is 2.52. The first-order chi connectivity index (χ1) is 10.2. The molecule has 0 atom stereocenters. The first kappa shape index (κ1) is 15.1. The standard InChI is InChI=1S/C18H20N2O/c1-14-5-3-4-6-16(14)9-10-20-13-17-11-15(12-19)7-8-18(17)21-2/h3-8,11,20H,9-10,13H2,1-2H3. The lowest BCUT2D eigenvalue weighted by atomic mass is 10.1. The summed E-state index contributed by atoms with van der Waals surface area (Å²) < 4.78 is 5.33. The normalized spacial score (nSPS) is 10.1. The molecule has 0 aliphatic heterocycles. The molecule has 3 nitrogen and oxygen atoms in total. The molecule has 1 N–H and O–H groups in total. The predicted molar refractivity (Wildman–Crippen MR) is 84.3 cm³/mol. The van der Waals surface area contributed by atoms with E-state index in [9.17, 15) is 0 Å². The van der Waals surface area contributed by atoms with E-state index in [2.05, 4.69) is 42.6 Å². The quantitative estimate of drug-likeness (QED) is 0.826. The molecule has 21 heavy (non-hydrogen) atoms. The largest absolute Gasteiger partial charge is 0.496 e. The minimum absolute atomic E-state index is 0.659. The van der Waals surface area contributed by atoms with Gasteiger partial charge in [0.25, 0.3) is 0 Å². The van der Waals surface area contributed by atoms with Crippen LogP contribution in [0.5, 0.6) is 5.75 Å². The minimum atomic E-state index is 0.659. The van der Waals surface area contributed by atoms with Crippen LogP contribution < -0.4 is 10.1 Å². The van der Waals surface area contributed by atoms with Crippen molar-refractivity contribution in [3.8, 4) is 11.8 Å². The molecular weight excluding hydrogens is 260 g/mol. The summed E-state index contributed by atoms with van der Waals surface area (Å²) in [5.74, 6) is 0.817. The van der Waals surface area contributed by atoms with Crippen LogP contribution in [0.2, 0.25) is 0 Å². The van der Waals surface area contributed by atoms with Crippen LogP contribution in [-0.2, 0) is 13.0 Å². The van der Waals surface area contributed by atoms with E-state index in [1.54, 1.807) is 13.2 Å². The van der Waals surface area contributed by atoms with Crippen LogP contribution >= 0.6 is 0 Å². The molecule has 0 aromatic heterocycles. The minimum Gasteiger partial charge on any atom is -0.496 e. The average molecular weight is 280 g/mol. The maximum absolute atomic E-state index is 8.97. The number of rotatable bonds is 6. The van der Waals surface area contributed by atoms with E-state index < -0.39 is 0 Å². The first-order valence-electron chi connectivity index (χ1n) is 7.07. The molecule has 2 aromatic carbocycles. The van der Waals surface area contributed by atoms with E-state index in [0.717, 1.165) is 24.3 Å². The fourth-order valence-corrected chi connectivity index (χ4v) is 2.32. The third kappa shape index (κ3) is 4.08. The van der Waals surface area contributed by atoms with Gasteiger partial charge in [0.05, 0.1) is 18.7 Å². The molecule has 0 fully saturated rings. The summed E-state index contributed by atoms with van der Waals surface area (Å²) in [6.07, 6.45) is 0.993. The molecule has 0 saturated carbocycles. The second-order valence-corrected chi connectivity index (χ2v) is 4.99. The first-order valence-corrected chi connectivity index (χ1v) is 7.07. The number of benzene rings is 2. The Morgan fingerprint density at radius 1 is 1.14 bits per heavy atom. The van der Waals surface area contributed by atoms with Crippen molar-refractivity contribution < 1.29 is 4.74 Å². The fourth-order valence-electron chi connectivity index (χ4n) is 2.32. The third-order valence-corrected chi connectivity index (χ3v) is 3.56. The second-order valence-electron chi connectivity index (χ2n) is 4.99. The van der Waals surface area contributed by atoms with Crippen molar-refractivity contribution in [2.24, 2.45) is 0 Å². The molecule has 0 heterocycles. The predicted octanol–water partition coefficient (Wildman–Crippen LogP) is 3.21. The van der Waals surface area contributed by atoms with E-state index in [1.165, 1.54) is 11.1 Å². The summed E-state index contributed by atoms with van der Waals surface area (Å²) >= 11 is 0. The zero-order valence-corrected chi connectivity index (χ0v) is 12.5. The highest BCUT2D eigenvalue weighted by atomic mass is 16.5. The SMILES string of the molecule is COc1ccc(C#N)cc1CNCCc1ccccc1C. The lowest BCUT2D eigenvalue weighted by Crippen LogP contribution is -2.17. The summed E-state index contributed by atoms with van der Waals surface area (Å²) in [6, 6.07) is 16.1. The van der Waals surface area contributed by atoms with Crippen molar-refractivity contribution in [1.82, 2.24) is 5.32 Å². The van der Waals surface area contributed by atoms with Crippen molar-refractivity contribution in [3.63, 3.8) is 0 Å². The molecule has 0 radical (unpaired) electrons. The molecule has 0 unspecified atom stereocenters. The molecule has 108 valence electrons. The van der Waals surface area contributed by atoms with Crippen LogP contribution in [0.1, 0.15) is 22.3 Å². The monoisotopic (exact) mass is 280 g/mol. The van der Waals surface area contributed by atoms with Gasteiger partial charge in [-0.1, -0.05) is 24.3 Å². The topological polar surface area (TPSA) is 45.0 Å². The number of aryl methyl sites for hydroxylation is 1. The van der Waals surface area contributed by atoms with Crippen molar-refractivity contribution in [1.29, 1.82) is 5.26 Å². The summed E-state index contributed by atoms with van der Waals surface area (Å²) in [5, 5.41) is 12.4. The van der Waals surface area contributed by atoms with Gasteiger partial charge in [-0.3, -0.25) is 0 Å². The van der Waals surface area contributed by atoms with Gasteiger partial charge in [-0.2, -0.15) is 5.26 Å². The Morgan fingerprint density at radius 2 is 1.95 bits per heavy atom. The number of hydrogen-bond acceptors (Lipinski definition) is 3. The molecule has 2 aromatic rings. The van der Waals surface area contributed by atoms with Crippen LogP contribution in [0.25, 0.3) is 0 Å². The maximum atomic E-state index is 8.97.